The summed E-state index contributed by atoms with van der Waals surface area (Å²) in [7, 11) is 0. The van der Waals surface area contributed by atoms with Gasteiger partial charge < -0.3 is 15.3 Å². The number of hydrogen-bond donors (Lipinski definition) is 1. The Balaban J connectivity index is 1.87. The van der Waals surface area contributed by atoms with Gasteiger partial charge in [0.2, 0.25) is 0 Å². The van der Waals surface area contributed by atoms with Crippen molar-refractivity contribution in [2.75, 3.05) is 11.9 Å². The number of carbonyl (C=O) groups is 2. The third kappa shape index (κ3) is 4.81. The highest BCUT2D eigenvalue weighted by atomic mass is 16.5. The van der Waals surface area contributed by atoms with Gasteiger partial charge in [0.25, 0.3) is 5.91 Å². The summed E-state index contributed by atoms with van der Waals surface area (Å²) in [6.45, 7) is 5.93. The van der Waals surface area contributed by atoms with Gasteiger partial charge in [0, 0.05) is 17.8 Å². The zero-order chi connectivity index (χ0) is 17.7. The summed E-state index contributed by atoms with van der Waals surface area (Å²) in [5.41, 5.74) is 2.04. The maximum atomic E-state index is 11.8. The summed E-state index contributed by atoms with van der Waals surface area (Å²) >= 11 is 0. The molecule has 0 fully saturated rings. The minimum Gasteiger partial charge on any atom is -0.619 e. The zero-order valence-electron chi connectivity index (χ0n) is 13.9. The number of nitrogens with one attached hydrogen (secondary N) is 1. The SMILES string of the molecule is CC(C)(C)c1ccc(NC(=O)COC(=O)c2cc[n+]([O-])cc2)cc1. The molecule has 6 nitrogen and oxygen atoms in total. The van der Waals surface area contributed by atoms with Crippen LogP contribution in [0.2, 0.25) is 0 Å². The second-order valence-electron chi connectivity index (χ2n) is 6.40. The summed E-state index contributed by atoms with van der Waals surface area (Å²) < 4.78 is 5.48. The van der Waals surface area contributed by atoms with Crippen molar-refractivity contribution in [1.29, 1.82) is 0 Å². The van der Waals surface area contributed by atoms with Crippen molar-refractivity contribution in [3.8, 4) is 0 Å². The van der Waals surface area contributed by atoms with Crippen LogP contribution in [0.5, 0.6) is 0 Å². The number of nitrogens with zero attached hydrogens (tertiary/aromatic N) is 1. The number of ether oxygens (including phenoxy) is 1. The van der Waals surface area contributed by atoms with Crippen molar-refractivity contribution in [1.82, 2.24) is 0 Å². The minimum absolute atomic E-state index is 0.0377. The Kier molecular flexibility index (Phi) is 5.18. The van der Waals surface area contributed by atoms with E-state index in [4.69, 9.17) is 4.74 Å². The first-order chi connectivity index (χ1) is 11.3. The van der Waals surface area contributed by atoms with Crippen LogP contribution in [0.25, 0.3) is 0 Å². The molecule has 126 valence electrons. The van der Waals surface area contributed by atoms with Crippen LogP contribution < -0.4 is 10.0 Å². The molecule has 0 atom stereocenters. The quantitative estimate of drug-likeness (QED) is 0.531. The largest absolute Gasteiger partial charge is 0.619 e. The Labute approximate surface area is 140 Å². The topological polar surface area (TPSA) is 82.3 Å². The Morgan fingerprint density at radius 2 is 1.67 bits per heavy atom. The van der Waals surface area contributed by atoms with Gasteiger partial charge in [-0.1, -0.05) is 32.9 Å². The molecule has 0 unspecified atom stereocenters. The van der Waals surface area contributed by atoms with Crippen molar-refractivity contribution < 1.29 is 19.1 Å². The lowest BCUT2D eigenvalue weighted by molar-refractivity contribution is -0.605. The molecule has 24 heavy (non-hydrogen) atoms. The van der Waals surface area contributed by atoms with Gasteiger partial charge in [-0.2, -0.15) is 4.73 Å². The molecule has 1 N–H and O–H groups in total. The number of benzene rings is 1. The standard InChI is InChI=1S/C18H20N2O4/c1-18(2,3)14-4-6-15(7-5-14)19-16(21)12-24-17(22)13-8-10-20(23)11-9-13/h4-11H,12H2,1-3H3,(H,19,21). The highest BCUT2D eigenvalue weighted by Gasteiger charge is 2.14. The van der Waals surface area contributed by atoms with Gasteiger partial charge in [-0.25, -0.2) is 4.79 Å². The van der Waals surface area contributed by atoms with Crippen LogP contribution in [0.15, 0.2) is 48.8 Å². The molecule has 0 aliphatic heterocycles. The van der Waals surface area contributed by atoms with E-state index in [1.165, 1.54) is 24.5 Å². The van der Waals surface area contributed by atoms with Gasteiger partial charge in [0.1, 0.15) is 0 Å². The summed E-state index contributed by atoms with van der Waals surface area (Å²) in [5, 5.41) is 13.6. The number of rotatable bonds is 4. The molecule has 1 heterocycles. The molecule has 1 amide bonds. The first-order valence-corrected chi connectivity index (χ1v) is 7.52. The van der Waals surface area contributed by atoms with E-state index in [9.17, 15) is 14.8 Å². The van der Waals surface area contributed by atoms with Crippen molar-refractivity contribution in [3.05, 3.63) is 65.1 Å². The summed E-state index contributed by atoms with van der Waals surface area (Å²) in [5.74, 6) is -1.09. The number of carbonyl (C=O) groups excluding carboxylic acids is 2. The van der Waals surface area contributed by atoms with Crippen LogP contribution in [-0.2, 0) is 14.9 Å². The van der Waals surface area contributed by atoms with Crippen molar-refractivity contribution in [3.63, 3.8) is 0 Å². The number of esters is 1. The van der Waals surface area contributed by atoms with E-state index in [2.05, 4.69) is 26.1 Å². The first kappa shape index (κ1) is 17.5. The smallest absolute Gasteiger partial charge is 0.339 e. The normalized spacial score (nSPS) is 11.0. The molecular formula is C18H20N2O4. The zero-order valence-corrected chi connectivity index (χ0v) is 13.9. The van der Waals surface area contributed by atoms with Crippen molar-refractivity contribution in [2.24, 2.45) is 0 Å². The van der Waals surface area contributed by atoms with Crippen LogP contribution in [0.1, 0.15) is 36.7 Å². The highest BCUT2D eigenvalue weighted by Crippen LogP contribution is 2.23. The molecule has 0 spiro atoms. The van der Waals surface area contributed by atoms with Crippen molar-refractivity contribution >= 4 is 17.6 Å². The molecule has 6 heteroatoms. The molecular weight excluding hydrogens is 308 g/mol. The van der Waals surface area contributed by atoms with E-state index in [-0.39, 0.29) is 11.0 Å². The third-order valence-corrected chi connectivity index (χ3v) is 3.41. The number of anilines is 1. The van der Waals surface area contributed by atoms with E-state index < -0.39 is 18.5 Å². The van der Waals surface area contributed by atoms with Gasteiger partial charge in [0.15, 0.2) is 19.0 Å². The lowest BCUT2D eigenvalue weighted by Gasteiger charge is -2.19. The molecule has 1 aromatic heterocycles. The van der Waals surface area contributed by atoms with Crippen LogP contribution >= 0.6 is 0 Å². The monoisotopic (exact) mass is 328 g/mol. The second-order valence-corrected chi connectivity index (χ2v) is 6.40. The van der Waals surface area contributed by atoms with Crippen LogP contribution in [0.3, 0.4) is 0 Å². The average molecular weight is 328 g/mol. The van der Waals surface area contributed by atoms with Crippen LogP contribution in [0, 0.1) is 5.21 Å². The van der Waals surface area contributed by atoms with Gasteiger partial charge in [-0.05, 0) is 23.1 Å². The summed E-state index contributed by atoms with van der Waals surface area (Å²) in [6, 6.07) is 10.2. The van der Waals surface area contributed by atoms with E-state index >= 15 is 0 Å². The van der Waals surface area contributed by atoms with E-state index in [1.807, 2.05) is 24.3 Å². The molecule has 0 saturated heterocycles. The number of aromatic nitrogens is 1. The van der Waals surface area contributed by atoms with Gasteiger partial charge in [-0.3, -0.25) is 4.79 Å². The molecule has 0 radical (unpaired) electrons. The van der Waals surface area contributed by atoms with Crippen LogP contribution in [-0.4, -0.2) is 18.5 Å². The molecule has 0 aliphatic carbocycles. The summed E-state index contributed by atoms with van der Waals surface area (Å²) in [6.07, 6.45) is 2.38. The average Bonchev–Trinajstić information content (AvgIpc) is 2.53. The van der Waals surface area contributed by atoms with E-state index in [1.54, 1.807) is 0 Å². The lowest BCUT2D eigenvalue weighted by atomic mass is 9.87. The molecule has 0 aliphatic rings. The lowest BCUT2D eigenvalue weighted by Crippen LogP contribution is -2.25. The maximum Gasteiger partial charge on any atom is 0.339 e. The molecule has 0 bridgehead atoms. The third-order valence-electron chi connectivity index (χ3n) is 3.41. The fourth-order valence-electron chi connectivity index (χ4n) is 2.01. The van der Waals surface area contributed by atoms with Crippen LogP contribution in [0.4, 0.5) is 5.69 Å². The van der Waals surface area contributed by atoms with Gasteiger partial charge >= 0.3 is 5.97 Å². The predicted octanol–water partition coefficient (Wildman–Crippen LogP) is 2.41. The number of hydrogen-bond acceptors (Lipinski definition) is 4. The fraction of sp³-hybridized carbons (Fsp3) is 0.278. The van der Waals surface area contributed by atoms with Crippen molar-refractivity contribution in [2.45, 2.75) is 26.2 Å². The molecule has 2 aromatic rings. The maximum absolute atomic E-state index is 11.8. The molecule has 0 saturated carbocycles. The highest BCUT2D eigenvalue weighted by molar-refractivity contribution is 5.95. The molecule has 2 rings (SSSR count). The Hall–Kier alpha value is -2.89. The number of amides is 1. The predicted molar refractivity (Wildman–Crippen MR) is 89.5 cm³/mol. The van der Waals surface area contributed by atoms with E-state index in [0.717, 1.165) is 5.56 Å². The minimum atomic E-state index is -0.658. The first-order valence-electron chi connectivity index (χ1n) is 7.52. The Morgan fingerprint density at radius 3 is 2.21 bits per heavy atom. The van der Waals surface area contributed by atoms with E-state index in [0.29, 0.717) is 10.4 Å². The number of pyridine rings is 1. The van der Waals surface area contributed by atoms with Gasteiger partial charge in [-0.15, -0.1) is 0 Å². The molecule has 1 aromatic carbocycles. The summed E-state index contributed by atoms with van der Waals surface area (Å²) in [4.78, 5) is 23.6. The Bertz CT molecular complexity index is 716. The van der Waals surface area contributed by atoms with Gasteiger partial charge in [0.05, 0.1) is 5.56 Å². The second kappa shape index (κ2) is 7.12. The Morgan fingerprint density at radius 1 is 1.08 bits per heavy atom. The fourth-order valence-corrected chi connectivity index (χ4v) is 2.01.